The van der Waals surface area contributed by atoms with Gasteiger partial charge in [0.05, 0.1) is 17.3 Å². The summed E-state index contributed by atoms with van der Waals surface area (Å²) in [6.45, 7) is 3.24. The van der Waals surface area contributed by atoms with Crippen LogP contribution in [-0.4, -0.2) is 78.7 Å². The zero-order chi connectivity index (χ0) is 27.1. The van der Waals surface area contributed by atoms with E-state index in [4.69, 9.17) is 26.3 Å². The molecule has 1 saturated carbocycles. The van der Waals surface area contributed by atoms with Crippen LogP contribution in [0.5, 0.6) is 6.01 Å². The largest absolute Gasteiger partial charge is 0.462 e. The van der Waals surface area contributed by atoms with Gasteiger partial charge < -0.3 is 24.3 Å². The zero-order valence-corrected chi connectivity index (χ0v) is 23.7. The maximum Gasteiger partial charge on any atom is 0.318 e. The molecule has 2 fully saturated rings. The Morgan fingerprint density at radius 3 is 2.64 bits per heavy atom. The first-order valence-corrected chi connectivity index (χ1v) is 14.3. The molecule has 0 N–H and O–H groups in total. The first-order chi connectivity index (χ1) is 18.9. The summed E-state index contributed by atoms with van der Waals surface area (Å²) in [5, 5.41) is 12.3. The zero-order valence-electron chi connectivity index (χ0n) is 23.0. The number of benzene rings is 2. The molecule has 8 nitrogen and oxygen atoms in total. The molecule has 0 spiro atoms. The molecule has 0 amide bonds. The lowest BCUT2D eigenvalue weighted by Gasteiger charge is -2.44. The fourth-order valence-corrected chi connectivity index (χ4v) is 6.58. The lowest BCUT2D eigenvalue weighted by Crippen LogP contribution is -2.51. The predicted molar refractivity (Wildman–Crippen MR) is 155 cm³/mol. The second-order valence-electron chi connectivity index (χ2n) is 11.2. The quantitative estimate of drug-likeness (QED) is 0.312. The molecule has 0 radical (unpaired) electrons. The van der Waals surface area contributed by atoms with Crippen molar-refractivity contribution in [3.63, 3.8) is 0 Å². The van der Waals surface area contributed by atoms with Gasteiger partial charge in [0.25, 0.3) is 0 Å². The number of fused-ring (bicyclic) bond motifs is 2. The van der Waals surface area contributed by atoms with Crippen molar-refractivity contribution in [1.82, 2.24) is 19.8 Å². The molecule has 1 aliphatic carbocycles. The average Bonchev–Trinajstić information content (AvgIpc) is 3.34. The summed E-state index contributed by atoms with van der Waals surface area (Å²) in [5.41, 5.74) is 3.35. The molecule has 1 aromatic heterocycles. The van der Waals surface area contributed by atoms with Crippen LogP contribution in [0.1, 0.15) is 36.9 Å². The molecule has 2 aromatic carbocycles. The van der Waals surface area contributed by atoms with Crippen LogP contribution in [0.4, 0.5) is 11.5 Å². The minimum atomic E-state index is 0.292. The Bertz CT molecular complexity index is 1400. The van der Waals surface area contributed by atoms with E-state index in [1.165, 1.54) is 12.0 Å². The van der Waals surface area contributed by atoms with Crippen molar-refractivity contribution in [2.24, 2.45) is 0 Å². The van der Waals surface area contributed by atoms with Gasteiger partial charge in [-0.3, -0.25) is 0 Å². The van der Waals surface area contributed by atoms with Gasteiger partial charge in [0, 0.05) is 55.4 Å². The Kier molecular flexibility index (Phi) is 7.13. The molecule has 0 bridgehead atoms. The molecular formula is C30H36ClN7O. The van der Waals surface area contributed by atoms with Gasteiger partial charge in [0.1, 0.15) is 12.4 Å². The highest BCUT2D eigenvalue weighted by molar-refractivity contribution is 6.36. The Morgan fingerprint density at radius 2 is 1.90 bits per heavy atom. The van der Waals surface area contributed by atoms with E-state index in [9.17, 15) is 5.26 Å². The van der Waals surface area contributed by atoms with Gasteiger partial charge >= 0.3 is 6.01 Å². The Morgan fingerprint density at radius 1 is 1.10 bits per heavy atom. The molecule has 6 rings (SSSR count). The van der Waals surface area contributed by atoms with E-state index in [0.717, 1.165) is 71.8 Å². The average molecular weight is 546 g/mol. The third-order valence-electron chi connectivity index (χ3n) is 8.95. The van der Waals surface area contributed by atoms with Crippen LogP contribution in [0.2, 0.25) is 5.02 Å². The van der Waals surface area contributed by atoms with Crippen molar-refractivity contribution < 1.29 is 4.74 Å². The third-order valence-corrected chi connectivity index (χ3v) is 9.26. The maximum atomic E-state index is 9.28. The second kappa shape index (κ2) is 10.7. The van der Waals surface area contributed by atoms with Crippen LogP contribution in [0, 0.1) is 11.5 Å². The fourth-order valence-electron chi connectivity index (χ4n) is 6.30. The predicted octanol–water partition coefficient (Wildman–Crippen LogP) is 4.70. The van der Waals surface area contributed by atoms with Crippen LogP contribution >= 0.6 is 11.6 Å². The highest BCUT2D eigenvalue weighted by atomic mass is 35.5. The van der Waals surface area contributed by atoms with E-state index >= 15 is 0 Å². The van der Waals surface area contributed by atoms with E-state index in [1.54, 1.807) is 4.90 Å². The highest BCUT2D eigenvalue weighted by Crippen LogP contribution is 2.38. The number of hydrogen-bond acceptors (Lipinski definition) is 8. The van der Waals surface area contributed by atoms with Crippen LogP contribution < -0.4 is 14.5 Å². The van der Waals surface area contributed by atoms with Crippen LogP contribution in [0.25, 0.3) is 10.8 Å². The number of nitrogens with zero attached hydrogens (tertiary/aromatic N) is 7. The summed E-state index contributed by atoms with van der Waals surface area (Å²) >= 11 is 6.68. The molecule has 1 atom stereocenters. The molecular weight excluding hydrogens is 510 g/mol. The summed E-state index contributed by atoms with van der Waals surface area (Å²) in [5.74, 6) is 0.966. The molecule has 1 saturated heterocycles. The van der Waals surface area contributed by atoms with Gasteiger partial charge in [0.15, 0.2) is 6.19 Å². The molecule has 3 aliphatic rings. The molecule has 204 valence electrons. The number of anilines is 2. The lowest BCUT2D eigenvalue weighted by atomic mass is 9.84. The molecule has 3 aromatic rings. The van der Waals surface area contributed by atoms with Gasteiger partial charge in [0.2, 0.25) is 0 Å². The smallest absolute Gasteiger partial charge is 0.318 e. The number of aromatic nitrogens is 2. The Labute approximate surface area is 235 Å². The summed E-state index contributed by atoms with van der Waals surface area (Å²) in [6, 6.07) is 13.9. The molecule has 2 aliphatic heterocycles. The number of nitriles is 1. The van der Waals surface area contributed by atoms with E-state index in [1.807, 2.05) is 19.2 Å². The van der Waals surface area contributed by atoms with Crippen molar-refractivity contribution in [2.45, 2.75) is 56.8 Å². The maximum absolute atomic E-state index is 9.28. The number of rotatable bonds is 7. The third kappa shape index (κ3) is 4.94. The summed E-state index contributed by atoms with van der Waals surface area (Å²) in [7, 11) is 6.15. The van der Waals surface area contributed by atoms with Crippen molar-refractivity contribution in [3.8, 4) is 12.2 Å². The number of likely N-dealkylation sites (tertiary alicyclic amines) is 1. The lowest BCUT2D eigenvalue weighted by molar-refractivity contribution is 0.185. The van der Waals surface area contributed by atoms with E-state index < -0.39 is 0 Å². The number of likely N-dealkylation sites (N-methyl/N-ethyl adjacent to an activating group) is 1. The van der Waals surface area contributed by atoms with Crippen LogP contribution in [-0.2, 0) is 13.0 Å². The van der Waals surface area contributed by atoms with E-state index in [-0.39, 0.29) is 0 Å². The minimum Gasteiger partial charge on any atom is -0.462 e. The first-order valence-electron chi connectivity index (χ1n) is 13.9. The van der Waals surface area contributed by atoms with Crippen molar-refractivity contribution >= 4 is 33.9 Å². The molecule has 9 heteroatoms. The number of halogens is 1. The topological polar surface area (TPSA) is 71.8 Å². The summed E-state index contributed by atoms with van der Waals surface area (Å²) in [6.07, 6.45) is 7.34. The van der Waals surface area contributed by atoms with Gasteiger partial charge in [-0.25, -0.2) is 0 Å². The second-order valence-corrected chi connectivity index (χ2v) is 11.6. The van der Waals surface area contributed by atoms with Gasteiger partial charge in [-0.1, -0.05) is 35.9 Å². The van der Waals surface area contributed by atoms with Crippen molar-refractivity contribution in [1.29, 1.82) is 5.26 Å². The van der Waals surface area contributed by atoms with Crippen LogP contribution in [0.15, 0.2) is 36.4 Å². The van der Waals surface area contributed by atoms with Crippen LogP contribution in [0.3, 0.4) is 0 Å². The van der Waals surface area contributed by atoms with E-state index in [2.05, 4.69) is 59.3 Å². The summed E-state index contributed by atoms with van der Waals surface area (Å²) < 4.78 is 6.27. The Hall–Kier alpha value is -3.28. The van der Waals surface area contributed by atoms with Gasteiger partial charge in [-0.15, -0.1) is 0 Å². The van der Waals surface area contributed by atoms with Gasteiger partial charge in [-0.05, 0) is 63.2 Å². The monoisotopic (exact) mass is 545 g/mol. The number of hydrogen-bond donors (Lipinski definition) is 0. The van der Waals surface area contributed by atoms with Gasteiger partial charge in [-0.2, -0.15) is 15.2 Å². The molecule has 3 heterocycles. The summed E-state index contributed by atoms with van der Waals surface area (Å²) in [4.78, 5) is 18.8. The highest BCUT2D eigenvalue weighted by Gasteiger charge is 2.37. The number of ether oxygens (including phenoxy) is 1. The SMILES string of the molecule is CN(C#N)C1CC(N(C)c2nc(OC[C@@H]3CCCN3C)nc3c2CCN(c2cccc4cccc(Cl)c24)C3)C1. The molecule has 0 unspecified atom stereocenters. The Balaban J connectivity index is 1.31. The standard InChI is InChI=1S/C30H36ClN7O/c1-35-13-6-9-21(35)18-39-30-33-26-17-38(27-11-5-8-20-7-4-10-25(31)28(20)27)14-12-24(26)29(34-30)37(3)23-15-22(16-23)36(2)19-32/h4-5,7-8,10-11,21-23H,6,9,12-18H2,1-3H3/t21-,22?,23?/m0/s1. The minimum absolute atomic E-state index is 0.292. The normalized spacial score (nSPS) is 22.7. The van der Waals surface area contributed by atoms with Crippen molar-refractivity contribution in [2.75, 3.05) is 50.6 Å². The molecule has 39 heavy (non-hydrogen) atoms. The van der Waals surface area contributed by atoms with Crippen molar-refractivity contribution in [3.05, 3.63) is 52.7 Å². The van der Waals surface area contributed by atoms with E-state index in [0.29, 0.717) is 37.3 Å². The first kappa shape index (κ1) is 26.0. The fraction of sp³-hybridized carbons (Fsp3) is 0.500.